The van der Waals surface area contributed by atoms with Crippen LogP contribution in [0.15, 0.2) is 106 Å². The van der Waals surface area contributed by atoms with Gasteiger partial charge in [-0.25, -0.2) is 4.79 Å². The average molecular weight is 684 g/mol. The van der Waals surface area contributed by atoms with Gasteiger partial charge in [-0.3, -0.25) is 14.2 Å². The summed E-state index contributed by atoms with van der Waals surface area (Å²) in [5.41, 5.74) is -1.42. The molecule has 0 radical (unpaired) electrons. The molecule has 0 aliphatic carbocycles. The minimum atomic E-state index is -0.889. The van der Waals surface area contributed by atoms with Gasteiger partial charge in [-0.1, -0.05) is 63.9 Å². The predicted octanol–water partition coefficient (Wildman–Crippen LogP) is 5.48. The molecule has 10 nitrogen and oxygen atoms in total. The summed E-state index contributed by atoms with van der Waals surface area (Å²) in [5.74, 6) is 0.478. The van der Waals surface area contributed by atoms with Crippen molar-refractivity contribution >= 4 is 39.5 Å². The van der Waals surface area contributed by atoms with Crippen LogP contribution in [0.2, 0.25) is 5.02 Å². The Labute approximate surface area is 266 Å². The Balaban J connectivity index is 1.38. The second-order valence-electron chi connectivity index (χ2n) is 9.61. The van der Waals surface area contributed by atoms with Crippen LogP contribution in [-0.4, -0.2) is 47.4 Å². The highest BCUT2D eigenvalue weighted by Crippen LogP contribution is 2.30. The Hall–Kier alpha value is -4.00. The maximum Gasteiger partial charge on any atom is 0.340 e. The van der Waals surface area contributed by atoms with E-state index in [1.807, 2.05) is 48.5 Å². The first-order chi connectivity index (χ1) is 21.4. The third-order valence-corrected chi connectivity index (χ3v) is 7.27. The molecule has 1 aromatic heterocycles. The zero-order valence-corrected chi connectivity index (χ0v) is 25.6. The normalized spacial score (nSPS) is 18.0. The summed E-state index contributed by atoms with van der Waals surface area (Å²) < 4.78 is 31.2. The van der Waals surface area contributed by atoms with E-state index in [1.165, 1.54) is 46.1 Å². The summed E-state index contributed by atoms with van der Waals surface area (Å²) in [6.07, 6.45) is 0.930. The van der Waals surface area contributed by atoms with Gasteiger partial charge >= 0.3 is 5.69 Å². The van der Waals surface area contributed by atoms with Crippen molar-refractivity contribution in [1.29, 1.82) is 0 Å². The summed E-state index contributed by atoms with van der Waals surface area (Å²) in [5, 5.41) is 0.409. The van der Waals surface area contributed by atoms with E-state index in [9.17, 15) is 14.4 Å². The average Bonchev–Trinajstić information content (AvgIpc) is 3.44. The lowest BCUT2D eigenvalue weighted by Gasteiger charge is -2.19. The van der Waals surface area contributed by atoms with E-state index >= 15 is 0 Å². The lowest BCUT2D eigenvalue weighted by molar-refractivity contribution is -0.113. The fraction of sp³-hybridized carbons (Fsp3) is 0.219. The number of para-hydroxylation sites is 2. The van der Waals surface area contributed by atoms with E-state index in [2.05, 4.69) is 15.9 Å². The standard InChI is InChI=1S/C32H28BrClN2O8/c33-16-15-23-18-35(32(39)36(31(23)38)30(37)22-11-13-24(34)14-12-22)29-17-27(43-21-42-26-9-5-2-6-10-26)28(44-29)19-40-20-41-25-7-3-1-4-8-25/h1-16,18,27-29H,17,19-21H2/t27?,28-,29-/m0/s1. The Bertz CT molecular complexity index is 1690. The molecule has 3 atom stereocenters. The monoisotopic (exact) mass is 682 g/mol. The van der Waals surface area contributed by atoms with Crippen molar-refractivity contribution in [2.45, 2.75) is 24.9 Å². The second kappa shape index (κ2) is 15.1. The number of hydrogen-bond acceptors (Lipinski definition) is 8. The molecule has 12 heteroatoms. The summed E-state index contributed by atoms with van der Waals surface area (Å²) in [6, 6.07) is 24.3. The van der Waals surface area contributed by atoms with Crippen LogP contribution in [0.1, 0.15) is 28.6 Å². The smallest absolute Gasteiger partial charge is 0.340 e. The molecule has 5 rings (SSSR count). The highest BCUT2D eigenvalue weighted by atomic mass is 79.9. The van der Waals surface area contributed by atoms with Crippen LogP contribution in [0.5, 0.6) is 11.5 Å². The molecule has 0 spiro atoms. The summed E-state index contributed by atoms with van der Waals surface area (Å²) >= 11 is 9.13. The molecule has 1 aliphatic heterocycles. The van der Waals surface area contributed by atoms with Gasteiger partial charge in [-0.05, 0) is 59.6 Å². The van der Waals surface area contributed by atoms with Crippen molar-refractivity contribution in [3.8, 4) is 11.5 Å². The molecule has 2 heterocycles. The summed E-state index contributed by atoms with van der Waals surface area (Å²) in [6.45, 7) is -0.0449. The van der Waals surface area contributed by atoms with Crippen LogP contribution in [0.25, 0.3) is 6.08 Å². The molecule has 1 unspecified atom stereocenters. The number of aromatic nitrogens is 2. The third-order valence-electron chi connectivity index (χ3n) is 6.75. The number of rotatable bonds is 12. The Kier molecular flexibility index (Phi) is 10.8. The number of halogens is 2. The van der Waals surface area contributed by atoms with Crippen molar-refractivity contribution < 1.29 is 28.5 Å². The van der Waals surface area contributed by atoms with Gasteiger partial charge in [0, 0.05) is 23.2 Å². The molecule has 1 aliphatic rings. The fourth-order valence-corrected chi connectivity index (χ4v) is 4.99. The molecule has 0 bridgehead atoms. The van der Waals surface area contributed by atoms with Crippen LogP contribution in [0, 0.1) is 0 Å². The van der Waals surface area contributed by atoms with Gasteiger partial charge in [0.15, 0.2) is 13.6 Å². The first-order valence-corrected chi connectivity index (χ1v) is 14.9. The topological polar surface area (TPSA) is 107 Å². The number of nitrogens with zero attached hydrogens (tertiary/aromatic N) is 2. The molecule has 228 valence electrons. The molecule has 1 fully saturated rings. The van der Waals surface area contributed by atoms with E-state index < -0.39 is 35.6 Å². The highest BCUT2D eigenvalue weighted by Gasteiger charge is 2.38. The van der Waals surface area contributed by atoms with Gasteiger partial charge in [0.25, 0.3) is 11.5 Å². The number of hydrogen-bond donors (Lipinski definition) is 0. The third kappa shape index (κ3) is 7.74. The molecule has 4 aromatic rings. The number of ether oxygens (including phenoxy) is 5. The number of carbonyl (C=O) groups is 1. The van der Waals surface area contributed by atoms with Crippen LogP contribution < -0.4 is 20.7 Å². The highest BCUT2D eigenvalue weighted by molar-refractivity contribution is 9.11. The molecule has 0 amide bonds. The van der Waals surface area contributed by atoms with Crippen molar-refractivity contribution in [2.24, 2.45) is 0 Å². The molecule has 3 aromatic carbocycles. The van der Waals surface area contributed by atoms with Crippen LogP contribution in [-0.2, 0) is 14.2 Å². The van der Waals surface area contributed by atoms with E-state index in [1.54, 1.807) is 12.1 Å². The van der Waals surface area contributed by atoms with Crippen LogP contribution in [0.3, 0.4) is 0 Å². The van der Waals surface area contributed by atoms with Crippen molar-refractivity contribution in [3.05, 3.63) is 133 Å². The molecule has 44 heavy (non-hydrogen) atoms. The van der Waals surface area contributed by atoms with Gasteiger partial charge in [0.05, 0.1) is 18.3 Å². The summed E-state index contributed by atoms with van der Waals surface area (Å²) in [7, 11) is 0. The molecule has 0 saturated carbocycles. The Morgan fingerprint density at radius 3 is 2.20 bits per heavy atom. The van der Waals surface area contributed by atoms with Gasteiger partial charge in [0.1, 0.15) is 23.8 Å². The molecule has 1 saturated heterocycles. The van der Waals surface area contributed by atoms with Gasteiger partial charge < -0.3 is 23.7 Å². The molecular formula is C32H28BrClN2O8. The van der Waals surface area contributed by atoms with E-state index in [0.717, 1.165) is 0 Å². The molecule has 0 N–H and O–H groups in total. The first kappa shape index (κ1) is 31.4. The summed E-state index contributed by atoms with van der Waals surface area (Å²) in [4.78, 5) is 41.8. The van der Waals surface area contributed by atoms with Crippen molar-refractivity contribution in [3.63, 3.8) is 0 Å². The zero-order chi connectivity index (χ0) is 30.9. The number of benzene rings is 3. The molecular weight excluding hydrogens is 656 g/mol. The van der Waals surface area contributed by atoms with Gasteiger partial charge in [-0.15, -0.1) is 0 Å². The SMILES string of the molecule is O=C(c1ccc(Cl)cc1)n1c(=O)c(C=CBr)cn([C@@H]2CC(OCOc3ccccc3)[C@H](COCOc3ccccc3)O2)c1=O. The van der Waals surface area contributed by atoms with E-state index in [-0.39, 0.29) is 37.7 Å². The largest absolute Gasteiger partial charge is 0.468 e. The Morgan fingerprint density at radius 2 is 1.57 bits per heavy atom. The van der Waals surface area contributed by atoms with Crippen LogP contribution >= 0.6 is 27.5 Å². The first-order valence-electron chi connectivity index (χ1n) is 13.6. The minimum Gasteiger partial charge on any atom is -0.468 e. The maximum absolute atomic E-state index is 13.7. The van der Waals surface area contributed by atoms with E-state index in [4.69, 9.17) is 35.3 Å². The van der Waals surface area contributed by atoms with Crippen LogP contribution in [0.4, 0.5) is 0 Å². The zero-order valence-electron chi connectivity index (χ0n) is 23.3. The second-order valence-corrected chi connectivity index (χ2v) is 10.6. The maximum atomic E-state index is 13.7. The lowest BCUT2D eigenvalue weighted by atomic mass is 10.2. The lowest BCUT2D eigenvalue weighted by Crippen LogP contribution is -2.45. The number of carbonyl (C=O) groups excluding carboxylic acids is 1. The predicted molar refractivity (Wildman–Crippen MR) is 167 cm³/mol. The van der Waals surface area contributed by atoms with E-state index in [0.29, 0.717) is 21.1 Å². The van der Waals surface area contributed by atoms with Gasteiger partial charge in [0.2, 0.25) is 0 Å². The van der Waals surface area contributed by atoms with Crippen molar-refractivity contribution in [1.82, 2.24) is 9.13 Å². The quantitative estimate of drug-likeness (QED) is 0.143. The Morgan fingerprint density at radius 1 is 0.932 bits per heavy atom. The van der Waals surface area contributed by atoms with Gasteiger partial charge in [-0.2, -0.15) is 4.57 Å². The fourth-order valence-electron chi connectivity index (χ4n) is 4.57. The van der Waals surface area contributed by atoms with Crippen molar-refractivity contribution in [2.75, 3.05) is 20.2 Å². The minimum absolute atomic E-state index is 0.0393.